The fourth-order valence-corrected chi connectivity index (χ4v) is 2.25. The third-order valence-electron chi connectivity index (χ3n) is 3.23. The van der Waals surface area contributed by atoms with Gasteiger partial charge in [-0.25, -0.2) is 0 Å². The summed E-state index contributed by atoms with van der Waals surface area (Å²) in [7, 11) is 0. The molecule has 1 heterocycles. The molecule has 0 saturated carbocycles. The summed E-state index contributed by atoms with van der Waals surface area (Å²) >= 11 is 0. The predicted octanol–water partition coefficient (Wildman–Crippen LogP) is 1.79. The summed E-state index contributed by atoms with van der Waals surface area (Å²) < 4.78 is 0. The van der Waals surface area contributed by atoms with Crippen LogP contribution in [0.25, 0.3) is 0 Å². The first-order valence-corrected chi connectivity index (χ1v) is 5.98. The maximum atomic E-state index is 11.8. The van der Waals surface area contributed by atoms with Crippen molar-refractivity contribution in [1.82, 2.24) is 4.90 Å². The number of aliphatic hydroxyl groups is 1. The van der Waals surface area contributed by atoms with Crippen LogP contribution in [0.5, 0.6) is 0 Å². The van der Waals surface area contributed by atoms with Gasteiger partial charge in [0.15, 0.2) is 0 Å². The Balaban J connectivity index is 2.38. The number of carbonyl (C=O) groups is 1. The van der Waals surface area contributed by atoms with E-state index in [1.54, 1.807) is 6.92 Å². The molecule has 3 nitrogen and oxygen atoms in total. The first-order valence-electron chi connectivity index (χ1n) is 5.98. The lowest BCUT2D eigenvalue weighted by atomic mass is 9.93. The molecule has 1 fully saturated rings. The van der Waals surface area contributed by atoms with Gasteiger partial charge in [0.1, 0.15) is 0 Å². The molecule has 3 heteroatoms. The summed E-state index contributed by atoms with van der Waals surface area (Å²) in [6.45, 7) is 6.99. The van der Waals surface area contributed by atoms with Crippen molar-refractivity contribution in [2.75, 3.05) is 6.54 Å². The van der Waals surface area contributed by atoms with E-state index in [9.17, 15) is 4.79 Å². The minimum absolute atomic E-state index is 0.204. The number of hydrogen-bond donors (Lipinski definition) is 1. The molecule has 0 aromatic rings. The molecule has 1 N–H and O–H groups in total. The number of carbonyl (C=O) groups excluding carboxylic acids is 1. The molecule has 1 saturated heterocycles. The van der Waals surface area contributed by atoms with E-state index in [2.05, 4.69) is 13.8 Å². The van der Waals surface area contributed by atoms with Crippen LogP contribution in [0.1, 0.15) is 46.5 Å². The molecule has 15 heavy (non-hydrogen) atoms. The lowest BCUT2D eigenvalue weighted by Gasteiger charge is -2.36. The van der Waals surface area contributed by atoms with Gasteiger partial charge in [-0.05, 0) is 39.0 Å². The Morgan fingerprint density at radius 3 is 2.73 bits per heavy atom. The summed E-state index contributed by atoms with van der Waals surface area (Å²) in [4.78, 5) is 13.8. The Hall–Kier alpha value is -0.570. The summed E-state index contributed by atoms with van der Waals surface area (Å²) in [5.74, 6) is 0.941. The number of rotatable bonds is 3. The average Bonchev–Trinajstić information content (AvgIpc) is 2.14. The summed E-state index contributed by atoms with van der Waals surface area (Å²) in [5, 5.41) is 9.14. The number of piperidine rings is 1. The lowest BCUT2D eigenvalue weighted by Crippen LogP contribution is -2.44. The van der Waals surface area contributed by atoms with Gasteiger partial charge in [0.25, 0.3) is 0 Å². The third kappa shape index (κ3) is 3.82. The smallest absolute Gasteiger partial charge is 0.222 e. The van der Waals surface area contributed by atoms with Crippen LogP contribution in [-0.2, 0) is 4.79 Å². The van der Waals surface area contributed by atoms with E-state index in [1.807, 2.05) is 4.90 Å². The van der Waals surface area contributed by atoms with Gasteiger partial charge in [-0.2, -0.15) is 0 Å². The highest BCUT2D eigenvalue weighted by molar-refractivity contribution is 5.76. The third-order valence-corrected chi connectivity index (χ3v) is 3.23. The average molecular weight is 213 g/mol. The van der Waals surface area contributed by atoms with Crippen molar-refractivity contribution in [2.45, 2.75) is 58.6 Å². The topological polar surface area (TPSA) is 40.5 Å². The maximum Gasteiger partial charge on any atom is 0.222 e. The summed E-state index contributed by atoms with van der Waals surface area (Å²) in [6, 6.07) is 0.371. The van der Waals surface area contributed by atoms with Crippen LogP contribution in [0.3, 0.4) is 0 Å². The molecule has 0 bridgehead atoms. The van der Waals surface area contributed by atoms with E-state index in [4.69, 9.17) is 5.11 Å². The van der Waals surface area contributed by atoms with Gasteiger partial charge >= 0.3 is 0 Å². The Morgan fingerprint density at radius 2 is 2.20 bits per heavy atom. The highest BCUT2D eigenvalue weighted by Crippen LogP contribution is 2.22. The molecule has 3 unspecified atom stereocenters. The Labute approximate surface area is 92.5 Å². The number of nitrogens with zero attached hydrogens (tertiary/aromatic N) is 1. The van der Waals surface area contributed by atoms with Crippen molar-refractivity contribution < 1.29 is 9.90 Å². The van der Waals surface area contributed by atoms with Crippen molar-refractivity contribution in [3.05, 3.63) is 0 Å². The van der Waals surface area contributed by atoms with E-state index in [0.717, 1.165) is 25.3 Å². The molecule has 1 rings (SSSR count). The minimum atomic E-state index is -0.368. The van der Waals surface area contributed by atoms with Crippen LogP contribution in [0.15, 0.2) is 0 Å². The van der Waals surface area contributed by atoms with E-state index < -0.39 is 0 Å². The number of likely N-dealkylation sites (tertiary alicyclic amines) is 1. The van der Waals surface area contributed by atoms with Crippen LogP contribution < -0.4 is 0 Å². The first kappa shape index (κ1) is 12.5. The standard InChI is InChI=1S/C12H23NO2/c1-9-6-7-13(10(2)8-9)12(15)5-4-11(3)14/h9-11,14H,4-8H2,1-3H3. The predicted molar refractivity (Wildman–Crippen MR) is 60.5 cm³/mol. The quantitative estimate of drug-likeness (QED) is 0.776. The van der Waals surface area contributed by atoms with Gasteiger partial charge in [0, 0.05) is 19.0 Å². The van der Waals surface area contributed by atoms with Crippen LogP contribution >= 0.6 is 0 Å². The van der Waals surface area contributed by atoms with Gasteiger partial charge in [-0.15, -0.1) is 0 Å². The minimum Gasteiger partial charge on any atom is -0.393 e. The van der Waals surface area contributed by atoms with E-state index in [-0.39, 0.29) is 12.0 Å². The normalized spacial score (nSPS) is 28.9. The highest BCUT2D eigenvalue weighted by Gasteiger charge is 2.26. The van der Waals surface area contributed by atoms with E-state index >= 15 is 0 Å². The number of amides is 1. The van der Waals surface area contributed by atoms with Crippen molar-refractivity contribution in [3.63, 3.8) is 0 Å². The van der Waals surface area contributed by atoms with Gasteiger partial charge in [-0.3, -0.25) is 4.79 Å². The molecular formula is C12H23NO2. The van der Waals surface area contributed by atoms with Crippen molar-refractivity contribution in [1.29, 1.82) is 0 Å². The maximum absolute atomic E-state index is 11.8. The molecule has 1 aliphatic rings. The van der Waals surface area contributed by atoms with Crippen LogP contribution in [0.2, 0.25) is 0 Å². The second-order valence-corrected chi connectivity index (χ2v) is 4.95. The second kappa shape index (κ2) is 5.50. The largest absolute Gasteiger partial charge is 0.393 e. The van der Waals surface area contributed by atoms with Gasteiger partial charge in [0.05, 0.1) is 6.10 Å². The van der Waals surface area contributed by atoms with Gasteiger partial charge in [0.2, 0.25) is 5.91 Å². The fourth-order valence-electron chi connectivity index (χ4n) is 2.25. The molecule has 1 aliphatic heterocycles. The van der Waals surface area contributed by atoms with Gasteiger partial charge < -0.3 is 10.0 Å². The SMILES string of the molecule is CC(O)CCC(=O)N1CCC(C)CC1C. The van der Waals surface area contributed by atoms with Crippen molar-refractivity contribution >= 4 is 5.91 Å². The molecule has 0 radical (unpaired) electrons. The molecule has 0 aromatic heterocycles. The molecule has 88 valence electrons. The summed E-state index contributed by atoms with van der Waals surface area (Å²) in [6.07, 6.45) is 2.92. The molecule has 0 spiro atoms. The number of aliphatic hydroxyl groups excluding tert-OH is 1. The first-order chi connectivity index (χ1) is 7.00. The Kier molecular flexibility index (Phi) is 4.58. The van der Waals surface area contributed by atoms with Crippen LogP contribution in [-0.4, -0.2) is 34.6 Å². The zero-order chi connectivity index (χ0) is 11.4. The number of hydrogen-bond acceptors (Lipinski definition) is 2. The van der Waals surface area contributed by atoms with E-state index in [1.165, 1.54) is 0 Å². The van der Waals surface area contributed by atoms with Gasteiger partial charge in [-0.1, -0.05) is 6.92 Å². The van der Waals surface area contributed by atoms with Crippen LogP contribution in [0, 0.1) is 5.92 Å². The molecule has 0 aromatic carbocycles. The monoisotopic (exact) mass is 213 g/mol. The van der Waals surface area contributed by atoms with Crippen molar-refractivity contribution in [3.8, 4) is 0 Å². The van der Waals surface area contributed by atoms with Crippen molar-refractivity contribution in [2.24, 2.45) is 5.92 Å². The molecule has 0 aliphatic carbocycles. The Bertz CT molecular complexity index is 216. The Morgan fingerprint density at radius 1 is 1.53 bits per heavy atom. The highest BCUT2D eigenvalue weighted by atomic mass is 16.3. The molecule has 1 amide bonds. The molecular weight excluding hydrogens is 190 g/mol. The summed E-state index contributed by atoms with van der Waals surface area (Å²) in [5.41, 5.74) is 0. The lowest BCUT2D eigenvalue weighted by molar-refractivity contribution is -0.135. The zero-order valence-electron chi connectivity index (χ0n) is 10.1. The second-order valence-electron chi connectivity index (χ2n) is 4.95. The fraction of sp³-hybridized carbons (Fsp3) is 0.917. The zero-order valence-corrected chi connectivity index (χ0v) is 10.1. The molecule has 3 atom stereocenters. The van der Waals surface area contributed by atoms with Crippen LogP contribution in [0.4, 0.5) is 0 Å². The van der Waals surface area contributed by atoms with E-state index in [0.29, 0.717) is 18.9 Å².